The SMILES string of the molecule is Nc1cc(C(=O)Nc2ccon2)c([N+](=O)[O-])cc1F. The second-order valence-corrected chi connectivity index (χ2v) is 3.49. The van der Waals surface area contributed by atoms with Crippen LogP contribution in [0.25, 0.3) is 0 Å². The van der Waals surface area contributed by atoms with Crippen molar-refractivity contribution in [1.29, 1.82) is 0 Å². The average molecular weight is 266 g/mol. The van der Waals surface area contributed by atoms with Crippen molar-refractivity contribution in [2.24, 2.45) is 0 Å². The van der Waals surface area contributed by atoms with Crippen molar-refractivity contribution in [3.8, 4) is 0 Å². The quantitative estimate of drug-likeness (QED) is 0.493. The van der Waals surface area contributed by atoms with Crippen LogP contribution in [0.5, 0.6) is 0 Å². The number of nitrogens with zero attached hydrogens (tertiary/aromatic N) is 2. The molecule has 0 unspecified atom stereocenters. The van der Waals surface area contributed by atoms with E-state index in [1.807, 2.05) is 0 Å². The summed E-state index contributed by atoms with van der Waals surface area (Å²) in [6.45, 7) is 0. The zero-order valence-electron chi connectivity index (χ0n) is 9.29. The molecule has 2 aromatic rings. The number of nitrogens with one attached hydrogen (secondary N) is 1. The highest BCUT2D eigenvalue weighted by Crippen LogP contribution is 2.25. The molecule has 0 saturated carbocycles. The van der Waals surface area contributed by atoms with Crippen LogP contribution in [-0.2, 0) is 0 Å². The Hall–Kier alpha value is -2.97. The summed E-state index contributed by atoms with van der Waals surface area (Å²) in [4.78, 5) is 21.7. The second kappa shape index (κ2) is 4.72. The minimum absolute atomic E-state index is 0.0715. The van der Waals surface area contributed by atoms with Gasteiger partial charge < -0.3 is 15.6 Å². The van der Waals surface area contributed by atoms with Gasteiger partial charge in [-0.1, -0.05) is 5.16 Å². The number of carbonyl (C=O) groups excluding carboxylic acids is 1. The molecule has 2 rings (SSSR count). The topological polar surface area (TPSA) is 124 Å². The highest BCUT2D eigenvalue weighted by molar-refractivity contribution is 6.07. The monoisotopic (exact) mass is 266 g/mol. The number of nitro groups is 1. The van der Waals surface area contributed by atoms with E-state index in [2.05, 4.69) is 15.0 Å². The molecule has 0 aliphatic heterocycles. The van der Waals surface area contributed by atoms with Gasteiger partial charge in [-0.25, -0.2) is 4.39 Å². The normalized spacial score (nSPS) is 10.2. The maximum Gasteiger partial charge on any atom is 0.285 e. The second-order valence-electron chi connectivity index (χ2n) is 3.49. The van der Waals surface area contributed by atoms with Crippen LogP contribution in [0.4, 0.5) is 21.6 Å². The van der Waals surface area contributed by atoms with Crippen molar-refractivity contribution >= 4 is 23.1 Å². The molecule has 0 aliphatic carbocycles. The van der Waals surface area contributed by atoms with E-state index < -0.39 is 22.3 Å². The summed E-state index contributed by atoms with van der Waals surface area (Å²) in [6, 6.07) is 2.83. The van der Waals surface area contributed by atoms with Crippen LogP contribution in [0.2, 0.25) is 0 Å². The molecule has 1 aromatic carbocycles. The molecule has 0 radical (unpaired) electrons. The van der Waals surface area contributed by atoms with Gasteiger partial charge in [-0.2, -0.15) is 0 Å². The van der Waals surface area contributed by atoms with E-state index in [1.165, 1.54) is 12.3 Å². The first kappa shape index (κ1) is 12.5. The van der Waals surface area contributed by atoms with Gasteiger partial charge in [0.2, 0.25) is 0 Å². The molecule has 0 fully saturated rings. The van der Waals surface area contributed by atoms with Gasteiger partial charge in [-0.05, 0) is 6.07 Å². The van der Waals surface area contributed by atoms with Crippen LogP contribution < -0.4 is 11.1 Å². The van der Waals surface area contributed by atoms with E-state index in [0.29, 0.717) is 6.07 Å². The van der Waals surface area contributed by atoms with Gasteiger partial charge >= 0.3 is 0 Å². The summed E-state index contributed by atoms with van der Waals surface area (Å²) in [7, 11) is 0. The third-order valence-electron chi connectivity index (χ3n) is 2.24. The molecule has 0 aliphatic rings. The predicted molar refractivity (Wildman–Crippen MR) is 61.9 cm³/mol. The fraction of sp³-hybridized carbons (Fsp3) is 0. The first-order chi connectivity index (χ1) is 8.99. The molecule has 3 N–H and O–H groups in total. The molecular formula is C10H7FN4O4. The van der Waals surface area contributed by atoms with Crippen molar-refractivity contribution in [2.75, 3.05) is 11.1 Å². The Kier molecular flexibility index (Phi) is 3.10. The summed E-state index contributed by atoms with van der Waals surface area (Å²) < 4.78 is 17.7. The Balaban J connectivity index is 2.40. The lowest BCUT2D eigenvalue weighted by atomic mass is 10.1. The average Bonchev–Trinajstić information content (AvgIpc) is 2.84. The number of anilines is 2. The minimum atomic E-state index is -0.968. The van der Waals surface area contributed by atoms with E-state index in [4.69, 9.17) is 5.73 Å². The van der Waals surface area contributed by atoms with Crippen molar-refractivity contribution in [1.82, 2.24) is 5.16 Å². The Bertz CT molecular complexity index is 641. The van der Waals surface area contributed by atoms with Gasteiger partial charge in [0.1, 0.15) is 11.8 Å². The van der Waals surface area contributed by atoms with Crippen molar-refractivity contribution in [3.05, 3.63) is 46.0 Å². The number of nitrogens with two attached hydrogens (primary N) is 1. The zero-order valence-corrected chi connectivity index (χ0v) is 9.29. The van der Waals surface area contributed by atoms with Crippen LogP contribution in [-0.4, -0.2) is 16.0 Å². The minimum Gasteiger partial charge on any atom is -0.396 e. The van der Waals surface area contributed by atoms with E-state index in [-0.39, 0.29) is 17.1 Å². The Morgan fingerprint density at radius 2 is 2.26 bits per heavy atom. The summed E-state index contributed by atoms with van der Waals surface area (Å²) in [6.07, 6.45) is 1.21. The first-order valence-electron chi connectivity index (χ1n) is 4.94. The molecule has 8 nitrogen and oxygen atoms in total. The lowest BCUT2D eigenvalue weighted by Gasteiger charge is -2.04. The van der Waals surface area contributed by atoms with Crippen molar-refractivity contribution in [2.45, 2.75) is 0 Å². The van der Waals surface area contributed by atoms with Crippen LogP contribution in [0.3, 0.4) is 0 Å². The summed E-state index contributed by atoms with van der Waals surface area (Å²) in [5, 5.41) is 16.4. The number of nitro benzene ring substituents is 1. The molecule has 1 amide bonds. The largest absolute Gasteiger partial charge is 0.396 e. The lowest BCUT2D eigenvalue weighted by molar-refractivity contribution is -0.385. The van der Waals surface area contributed by atoms with Gasteiger partial charge in [0.05, 0.1) is 16.7 Å². The maximum atomic E-state index is 13.2. The van der Waals surface area contributed by atoms with Crippen LogP contribution in [0.15, 0.2) is 29.0 Å². The molecule has 1 aromatic heterocycles. The molecule has 98 valence electrons. The Morgan fingerprint density at radius 3 is 2.84 bits per heavy atom. The first-order valence-corrected chi connectivity index (χ1v) is 4.94. The zero-order chi connectivity index (χ0) is 14.0. The molecule has 0 bridgehead atoms. The molecule has 1 heterocycles. The smallest absolute Gasteiger partial charge is 0.285 e. The number of benzene rings is 1. The number of carbonyl (C=O) groups is 1. The van der Waals surface area contributed by atoms with E-state index >= 15 is 0 Å². The van der Waals surface area contributed by atoms with Gasteiger partial charge in [-0.15, -0.1) is 0 Å². The van der Waals surface area contributed by atoms with Crippen molar-refractivity contribution < 1.29 is 18.6 Å². The highest BCUT2D eigenvalue weighted by atomic mass is 19.1. The molecule has 0 spiro atoms. The fourth-order valence-electron chi connectivity index (χ4n) is 1.37. The molecular weight excluding hydrogens is 259 g/mol. The van der Waals surface area contributed by atoms with Crippen molar-refractivity contribution in [3.63, 3.8) is 0 Å². The summed E-state index contributed by atoms with van der Waals surface area (Å²) in [5.41, 5.74) is 3.87. The number of aromatic nitrogens is 1. The number of nitrogen functional groups attached to an aromatic ring is 1. The third kappa shape index (κ3) is 2.49. The van der Waals surface area contributed by atoms with Gasteiger partial charge in [-0.3, -0.25) is 14.9 Å². The van der Waals surface area contributed by atoms with Gasteiger partial charge in [0.25, 0.3) is 11.6 Å². The number of rotatable bonds is 3. The number of amides is 1. The molecule has 9 heteroatoms. The van der Waals surface area contributed by atoms with Gasteiger partial charge in [0, 0.05) is 6.07 Å². The van der Waals surface area contributed by atoms with E-state index in [9.17, 15) is 19.3 Å². The lowest BCUT2D eigenvalue weighted by Crippen LogP contribution is -2.15. The number of hydrogen-bond acceptors (Lipinski definition) is 6. The fourth-order valence-corrected chi connectivity index (χ4v) is 1.37. The number of hydrogen-bond donors (Lipinski definition) is 2. The third-order valence-corrected chi connectivity index (χ3v) is 2.24. The highest BCUT2D eigenvalue weighted by Gasteiger charge is 2.23. The summed E-state index contributed by atoms with van der Waals surface area (Å²) >= 11 is 0. The Morgan fingerprint density at radius 1 is 1.53 bits per heavy atom. The predicted octanol–water partition coefficient (Wildman–Crippen LogP) is 1.56. The van der Waals surface area contributed by atoms with E-state index in [1.54, 1.807) is 0 Å². The Labute approximate surface area is 105 Å². The molecule has 19 heavy (non-hydrogen) atoms. The molecule has 0 saturated heterocycles. The summed E-state index contributed by atoms with van der Waals surface area (Å²) in [5.74, 6) is -1.74. The molecule has 0 atom stereocenters. The van der Waals surface area contributed by atoms with Crippen LogP contribution in [0.1, 0.15) is 10.4 Å². The van der Waals surface area contributed by atoms with E-state index in [0.717, 1.165) is 6.07 Å². The maximum absolute atomic E-state index is 13.2. The van der Waals surface area contributed by atoms with Gasteiger partial charge in [0.15, 0.2) is 11.6 Å². The number of halogens is 1. The van der Waals surface area contributed by atoms with Crippen LogP contribution in [0, 0.1) is 15.9 Å². The standard InChI is InChI=1S/C10H7FN4O4/c11-6-4-8(15(17)18)5(3-7(6)12)10(16)13-9-1-2-19-14-9/h1-4H,12H2,(H,13,14,16). The van der Waals surface area contributed by atoms with Crippen LogP contribution >= 0.6 is 0 Å².